The zero-order chi connectivity index (χ0) is 29.6. The molecule has 2 heterocycles. The zero-order valence-corrected chi connectivity index (χ0v) is 24.8. The fraction of sp³-hybridized carbons (Fsp3) is 0.206. The number of carbonyl (C=O) groups is 1. The number of allylic oxidation sites excluding steroid dienone is 2. The molecule has 0 saturated carbocycles. The molecule has 42 heavy (non-hydrogen) atoms. The molecule has 0 radical (unpaired) electrons. The Balaban J connectivity index is 1.58. The van der Waals surface area contributed by atoms with Crippen molar-refractivity contribution in [1.82, 2.24) is 4.57 Å². The topological polar surface area (TPSA) is 79.1 Å². The number of hydrogen-bond donors (Lipinski definition) is 0. The van der Waals surface area contributed by atoms with Crippen LogP contribution in [0.15, 0.2) is 106 Å². The van der Waals surface area contributed by atoms with Gasteiger partial charge in [0.2, 0.25) is 0 Å². The second kappa shape index (κ2) is 12.9. The first kappa shape index (κ1) is 28.8. The first-order chi connectivity index (χ1) is 20.4. The lowest BCUT2D eigenvalue weighted by Gasteiger charge is -2.26. The number of esters is 1. The van der Waals surface area contributed by atoms with Gasteiger partial charge >= 0.3 is 5.97 Å². The Bertz CT molecular complexity index is 1820. The fourth-order valence-electron chi connectivity index (χ4n) is 4.71. The van der Waals surface area contributed by atoms with Gasteiger partial charge < -0.3 is 14.2 Å². The number of thiazole rings is 1. The van der Waals surface area contributed by atoms with Crippen LogP contribution in [0.25, 0.3) is 12.2 Å². The lowest BCUT2D eigenvalue weighted by Crippen LogP contribution is -2.40. The van der Waals surface area contributed by atoms with Crippen LogP contribution in [0.2, 0.25) is 0 Å². The van der Waals surface area contributed by atoms with E-state index in [0.717, 1.165) is 11.1 Å². The largest absolute Gasteiger partial charge is 0.493 e. The van der Waals surface area contributed by atoms with Crippen LogP contribution in [0.4, 0.5) is 0 Å². The fourth-order valence-corrected chi connectivity index (χ4v) is 5.71. The van der Waals surface area contributed by atoms with Gasteiger partial charge in [-0.2, -0.15) is 0 Å². The average molecular weight is 581 g/mol. The molecule has 0 spiro atoms. The van der Waals surface area contributed by atoms with Crippen molar-refractivity contribution >= 4 is 29.5 Å². The number of benzene rings is 3. The van der Waals surface area contributed by atoms with Gasteiger partial charge in [-0.1, -0.05) is 90.2 Å². The highest BCUT2D eigenvalue weighted by Crippen LogP contribution is 2.36. The van der Waals surface area contributed by atoms with Gasteiger partial charge in [0, 0.05) is 0 Å². The van der Waals surface area contributed by atoms with Crippen molar-refractivity contribution in [3.8, 4) is 11.5 Å². The number of aromatic nitrogens is 1. The smallest absolute Gasteiger partial charge is 0.338 e. The van der Waals surface area contributed by atoms with Crippen molar-refractivity contribution in [3.63, 3.8) is 0 Å². The lowest BCUT2D eigenvalue weighted by atomic mass is 9.95. The molecule has 1 unspecified atom stereocenters. The number of carbonyl (C=O) groups excluding carboxylic acids is 1. The number of rotatable bonds is 9. The molecule has 1 aromatic heterocycles. The molecule has 1 aliphatic heterocycles. The Morgan fingerprint density at radius 2 is 1.74 bits per heavy atom. The summed E-state index contributed by atoms with van der Waals surface area (Å²) < 4.78 is 19.4. The van der Waals surface area contributed by atoms with E-state index in [1.165, 1.54) is 11.3 Å². The Kier molecular flexibility index (Phi) is 8.83. The van der Waals surface area contributed by atoms with Crippen LogP contribution in [-0.4, -0.2) is 23.8 Å². The standard InChI is InChI=1S/C34H32N2O5S/c1-22(2)41-33(38)30-23(3)35-34-36(32(37)29(42-34)17-11-16-24-12-7-5-8-13-24)31(30)26-18-19-27(28(20-26)39-4)40-21-25-14-9-6-10-15-25/h5-20,22,31H,21H2,1-4H3/b16-11+,29-17-. The van der Waals surface area contributed by atoms with Gasteiger partial charge in [-0.05, 0) is 55.7 Å². The molecule has 7 nitrogen and oxygen atoms in total. The van der Waals surface area contributed by atoms with Crippen molar-refractivity contribution in [2.45, 2.75) is 39.5 Å². The molecule has 1 atom stereocenters. The molecule has 0 bridgehead atoms. The molecule has 3 aromatic carbocycles. The predicted molar refractivity (Wildman–Crippen MR) is 165 cm³/mol. The minimum atomic E-state index is -0.759. The number of ether oxygens (including phenoxy) is 3. The number of nitrogens with zero attached hydrogens (tertiary/aromatic N) is 2. The summed E-state index contributed by atoms with van der Waals surface area (Å²) in [5, 5.41) is 0. The first-order valence-corrected chi connectivity index (χ1v) is 14.5. The third-order valence-corrected chi connectivity index (χ3v) is 7.66. The van der Waals surface area contributed by atoms with E-state index in [9.17, 15) is 9.59 Å². The quantitative estimate of drug-likeness (QED) is 0.247. The van der Waals surface area contributed by atoms with E-state index in [2.05, 4.69) is 4.99 Å². The van der Waals surface area contributed by atoms with Crippen LogP contribution in [0.3, 0.4) is 0 Å². The second-order valence-corrected chi connectivity index (χ2v) is 11.0. The Labute approximate surface area is 248 Å². The maximum atomic E-state index is 13.8. The maximum Gasteiger partial charge on any atom is 0.338 e. The lowest BCUT2D eigenvalue weighted by molar-refractivity contribution is -0.143. The molecule has 0 saturated heterocycles. The van der Waals surface area contributed by atoms with E-state index >= 15 is 0 Å². The van der Waals surface area contributed by atoms with Gasteiger partial charge in [-0.25, -0.2) is 9.79 Å². The molecule has 1 aliphatic rings. The van der Waals surface area contributed by atoms with Crippen molar-refractivity contribution in [3.05, 3.63) is 133 Å². The molecule has 4 aromatic rings. The summed E-state index contributed by atoms with van der Waals surface area (Å²) in [6.07, 6.45) is 5.22. The van der Waals surface area contributed by atoms with Crippen LogP contribution in [-0.2, 0) is 16.1 Å². The molecule has 0 amide bonds. The number of fused-ring (bicyclic) bond motifs is 1. The summed E-state index contributed by atoms with van der Waals surface area (Å²) in [5.41, 5.74) is 3.29. The average Bonchev–Trinajstić information content (AvgIpc) is 3.30. The van der Waals surface area contributed by atoms with E-state index in [4.69, 9.17) is 14.2 Å². The van der Waals surface area contributed by atoms with Gasteiger partial charge in [0.1, 0.15) is 6.61 Å². The minimum Gasteiger partial charge on any atom is -0.493 e. The predicted octanol–water partition coefficient (Wildman–Crippen LogP) is 5.44. The summed E-state index contributed by atoms with van der Waals surface area (Å²) in [4.78, 5) is 32.4. The highest BCUT2D eigenvalue weighted by molar-refractivity contribution is 7.07. The van der Waals surface area contributed by atoms with Gasteiger partial charge in [0.15, 0.2) is 16.3 Å². The van der Waals surface area contributed by atoms with E-state index < -0.39 is 12.0 Å². The van der Waals surface area contributed by atoms with Crippen molar-refractivity contribution in [1.29, 1.82) is 0 Å². The summed E-state index contributed by atoms with van der Waals surface area (Å²) in [7, 11) is 1.56. The molecular formula is C34H32N2O5S. The van der Waals surface area contributed by atoms with Crippen LogP contribution in [0, 0.1) is 0 Å². The summed E-state index contributed by atoms with van der Waals surface area (Å²) in [5.74, 6) is 0.524. The van der Waals surface area contributed by atoms with E-state index in [0.29, 0.717) is 44.3 Å². The van der Waals surface area contributed by atoms with E-state index in [1.807, 2.05) is 78.9 Å². The van der Waals surface area contributed by atoms with Crippen molar-refractivity contribution in [2.24, 2.45) is 4.99 Å². The first-order valence-electron chi connectivity index (χ1n) is 13.7. The number of methoxy groups -OCH3 is 1. The Morgan fingerprint density at radius 3 is 2.43 bits per heavy atom. The molecule has 0 aliphatic carbocycles. The highest BCUT2D eigenvalue weighted by Gasteiger charge is 2.34. The van der Waals surface area contributed by atoms with E-state index in [1.54, 1.807) is 50.7 Å². The van der Waals surface area contributed by atoms with Crippen molar-refractivity contribution in [2.75, 3.05) is 7.11 Å². The van der Waals surface area contributed by atoms with Crippen LogP contribution < -0.4 is 24.4 Å². The third-order valence-electron chi connectivity index (χ3n) is 6.66. The van der Waals surface area contributed by atoms with Crippen LogP contribution in [0.5, 0.6) is 11.5 Å². The van der Waals surface area contributed by atoms with Crippen LogP contribution in [0.1, 0.15) is 43.5 Å². The van der Waals surface area contributed by atoms with Crippen LogP contribution >= 0.6 is 11.3 Å². The Morgan fingerprint density at radius 1 is 1.02 bits per heavy atom. The zero-order valence-electron chi connectivity index (χ0n) is 23.9. The third kappa shape index (κ3) is 6.29. The molecule has 5 rings (SSSR count). The summed E-state index contributed by atoms with van der Waals surface area (Å²) in [6, 6.07) is 24.4. The second-order valence-electron chi connectivity index (χ2n) is 10.0. The minimum absolute atomic E-state index is 0.243. The summed E-state index contributed by atoms with van der Waals surface area (Å²) >= 11 is 1.28. The maximum absolute atomic E-state index is 13.8. The molecule has 0 N–H and O–H groups in total. The van der Waals surface area contributed by atoms with Gasteiger partial charge in [-0.15, -0.1) is 0 Å². The number of hydrogen-bond acceptors (Lipinski definition) is 7. The molecule has 214 valence electrons. The SMILES string of the molecule is COc1cc(C2C(C(=O)OC(C)C)=C(C)N=c3s/c(=C\C=C\c4ccccc4)c(=O)n32)ccc1OCc1ccccc1. The van der Waals surface area contributed by atoms with Gasteiger partial charge in [0.05, 0.1) is 35.1 Å². The monoisotopic (exact) mass is 580 g/mol. The normalized spacial score (nSPS) is 15.1. The Hall–Kier alpha value is -4.69. The summed E-state index contributed by atoms with van der Waals surface area (Å²) in [6.45, 7) is 5.72. The van der Waals surface area contributed by atoms with Crippen molar-refractivity contribution < 1.29 is 19.0 Å². The van der Waals surface area contributed by atoms with E-state index in [-0.39, 0.29) is 11.7 Å². The molecule has 8 heteroatoms. The highest BCUT2D eigenvalue weighted by atomic mass is 32.1. The molecule has 0 fully saturated rings. The van der Waals surface area contributed by atoms with Gasteiger partial charge in [0.25, 0.3) is 5.56 Å². The molecular weight excluding hydrogens is 548 g/mol. The van der Waals surface area contributed by atoms with Gasteiger partial charge in [-0.3, -0.25) is 9.36 Å².